The Morgan fingerprint density at radius 1 is 1.56 bits per heavy atom. The van der Waals surface area contributed by atoms with Crippen molar-refractivity contribution in [2.75, 3.05) is 13.7 Å². The van der Waals surface area contributed by atoms with Gasteiger partial charge in [-0.3, -0.25) is 10.1 Å². The number of methoxy groups -OCH3 is 1. The van der Waals surface area contributed by atoms with E-state index in [4.69, 9.17) is 6.42 Å². The monoisotopic (exact) mass is 245 g/mol. The summed E-state index contributed by atoms with van der Waals surface area (Å²) in [6.07, 6.45) is 6.69. The fraction of sp³-hybridized carbons (Fsp3) is 0.154. The van der Waals surface area contributed by atoms with E-state index in [1.807, 2.05) is 0 Å². The van der Waals surface area contributed by atoms with Crippen LogP contribution in [0.5, 0.6) is 0 Å². The third-order valence-corrected chi connectivity index (χ3v) is 2.19. The van der Waals surface area contributed by atoms with Crippen molar-refractivity contribution in [3.63, 3.8) is 0 Å². The van der Waals surface area contributed by atoms with Crippen LogP contribution in [0, 0.1) is 22.5 Å². The Morgan fingerprint density at radius 3 is 2.78 bits per heavy atom. The highest BCUT2D eigenvalue weighted by Gasteiger charge is 2.16. The number of terminal acetylenes is 1. The van der Waals surface area contributed by atoms with Crippen molar-refractivity contribution in [3.05, 3.63) is 51.1 Å². The van der Waals surface area contributed by atoms with Gasteiger partial charge in [-0.2, -0.15) is 0 Å². The van der Waals surface area contributed by atoms with Gasteiger partial charge in [0.2, 0.25) is 6.54 Å². The molecule has 0 spiro atoms. The second kappa shape index (κ2) is 6.21. The zero-order chi connectivity index (χ0) is 13.5. The van der Waals surface area contributed by atoms with E-state index in [0.717, 1.165) is 0 Å². The van der Waals surface area contributed by atoms with Gasteiger partial charge in [-0.05, 0) is 17.7 Å². The number of nitrogens with zero attached hydrogens (tertiary/aromatic N) is 1. The third-order valence-electron chi connectivity index (χ3n) is 2.19. The Labute approximate surface area is 104 Å². The highest BCUT2D eigenvalue weighted by Crippen LogP contribution is 2.13. The molecule has 1 rings (SSSR count). The number of nitro groups is 1. The number of hydrogen-bond acceptors (Lipinski definition) is 4. The molecule has 5 heteroatoms. The first-order valence-electron chi connectivity index (χ1n) is 5.04. The quantitative estimate of drug-likeness (QED) is 0.265. The molecule has 0 N–H and O–H groups in total. The summed E-state index contributed by atoms with van der Waals surface area (Å²) in [5, 5.41) is 10.5. The van der Waals surface area contributed by atoms with Gasteiger partial charge in [0.25, 0.3) is 0 Å². The molecule has 0 aliphatic rings. The lowest BCUT2D eigenvalue weighted by molar-refractivity contribution is -0.470. The zero-order valence-electron chi connectivity index (χ0n) is 9.75. The van der Waals surface area contributed by atoms with E-state index >= 15 is 0 Å². The smallest absolute Gasteiger partial charge is 0.340 e. The molecular weight excluding hydrogens is 234 g/mol. The van der Waals surface area contributed by atoms with Crippen molar-refractivity contribution >= 4 is 12.0 Å². The fourth-order valence-corrected chi connectivity index (χ4v) is 1.38. The van der Waals surface area contributed by atoms with Crippen molar-refractivity contribution in [2.24, 2.45) is 0 Å². The minimum atomic E-state index is -0.737. The SMILES string of the molecule is C#Cc1ccccc1/C=C(\C[N+](=O)[O-])C(=O)OC. The summed E-state index contributed by atoms with van der Waals surface area (Å²) in [6.45, 7) is -0.606. The average molecular weight is 245 g/mol. The number of rotatable bonds is 4. The maximum absolute atomic E-state index is 11.4. The Morgan fingerprint density at radius 2 is 2.22 bits per heavy atom. The molecular formula is C13H11NO4. The van der Waals surface area contributed by atoms with E-state index < -0.39 is 17.4 Å². The molecule has 0 amide bonds. The normalized spacial score (nSPS) is 10.6. The minimum Gasteiger partial charge on any atom is -0.465 e. The molecule has 0 aromatic heterocycles. The molecule has 0 aliphatic heterocycles. The summed E-state index contributed by atoms with van der Waals surface area (Å²) < 4.78 is 4.50. The van der Waals surface area contributed by atoms with Crippen LogP contribution >= 0.6 is 0 Å². The van der Waals surface area contributed by atoms with Gasteiger partial charge in [0.1, 0.15) is 5.57 Å². The van der Waals surface area contributed by atoms with Crippen LogP contribution in [0.2, 0.25) is 0 Å². The van der Waals surface area contributed by atoms with E-state index in [1.165, 1.54) is 13.2 Å². The van der Waals surface area contributed by atoms with Crippen LogP contribution in [0.1, 0.15) is 11.1 Å². The molecule has 0 atom stereocenters. The number of ether oxygens (including phenoxy) is 1. The fourth-order valence-electron chi connectivity index (χ4n) is 1.38. The van der Waals surface area contributed by atoms with Crippen LogP contribution in [0.4, 0.5) is 0 Å². The van der Waals surface area contributed by atoms with Crippen molar-refractivity contribution < 1.29 is 14.5 Å². The summed E-state index contributed by atoms with van der Waals surface area (Å²) in [6, 6.07) is 6.84. The van der Waals surface area contributed by atoms with E-state index in [1.54, 1.807) is 24.3 Å². The van der Waals surface area contributed by atoms with Gasteiger partial charge in [-0.1, -0.05) is 24.1 Å². The van der Waals surface area contributed by atoms with Gasteiger partial charge in [-0.15, -0.1) is 6.42 Å². The number of benzene rings is 1. The molecule has 0 saturated carbocycles. The van der Waals surface area contributed by atoms with Crippen molar-refractivity contribution in [1.82, 2.24) is 0 Å². The van der Waals surface area contributed by atoms with Crippen molar-refractivity contribution in [2.45, 2.75) is 0 Å². The molecule has 0 saturated heterocycles. The van der Waals surface area contributed by atoms with Gasteiger partial charge < -0.3 is 4.74 Å². The van der Waals surface area contributed by atoms with Crippen LogP contribution in [-0.2, 0) is 9.53 Å². The van der Waals surface area contributed by atoms with Crippen molar-refractivity contribution in [1.29, 1.82) is 0 Å². The Hall–Kier alpha value is -2.61. The van der Waals surface area contributed by atoms with Gasteiger partial charge in [-0.25, -0.2) is 4.79 Å². The summed E-state index contributed by atoms with van der Waals surface area (Å²) in [5.74, 6) is 1.71. The third kappa shape index (κ3) is 3.46. The average Bonchev–Trinajstić information content (AvgIpc) is 2.37. The lowest BCUT2D eigenvalue weighted by Crippen LogP contribution is -2.14. The number of hydrogen-bond donors (Lipinski definition) is 0. The van der Waals surface area contributed by atoms with Crippen LogP contribution in [0.15, 0.2) is 29.8 Å². The number of carbonyl (C=O) groups is 1. The largest absolute Gasteiger partial charge is 0.465 e. The first-order chi connectivity index (χ1) is 8.58. The second-order valence-electron chi connectivity index (χ2n) is 3.38. The van der Waals surface area contributed by atoms with Crippen LogP contribution in [-0.4, -0.2) is 24.5 Å². The van der Waals surface area contributed by atoms with E-state index in [9.17, 15) is 14.9 Å². The molecule has 0 unspecified atom stereocenters. The summed E-state index contributed by atoms with van der Waals surface area (Å²) in [4.78, 5) is 21.3. The molecule has 0 heterocycles. The topological polar surface area (TPSA) is 69.4 Å². The van der Waals surface area contributed by atoms with Gasteiger partial charge in [0, 0.05) is 10.5 Å². The summed E-state index contributed by atoms with van der Waals surface area (Å²) >= 11 is 0. The van der Waals surface area contributed by atoms with E-state index in [2.05, 4.69) is 10.7 Å². The van der Waals surface area contributed by atoms with E-state index in [-0.39, 0.29) is 5.57 Å². The maximum atomic E-state index is 11.4. The minimum absolute atomic E-state index is 0.0507. The van der Waals surface area contributed by atoms with E-state index in [0.29, 0.717) is 11.1 Å². The Balaban J connectivity index is 3.19. The first kappa shape index (κ1) is 13.5. The molecule has 0 aliphatic carbocycles. The number of esters is 1. The first-order valence-corrected chi connectivity index (χ1v) is 5.04. The molecule has 5 nitrogen and oxygen atoms in total. The maximum Gasteiger partial charge on any atom is 0.340 e. The van der Waals surface area contributed by atoms with Gasteiger partial charge in [0.15, 0.2) is 0 Å². The number of carbonyl (C=O) groups excluding carboxylic acids is 1. The predicted octanol–water partition coefficient (Wildman–Crippen LogP) is 1.50. The molecule has 18 heavy (non-hydrogen) atoms. The van der Waals surface area contributed by atoms with Gasteiger partial charge in [0.05, 0.1) is 7.11 Å². The molecule has 1 aromatic rings. The Kier molecular flexibility index (Phi) is 4.64. The van der Waals surface area contributed by atoms with Crippen LogP contribution in [0.25, 0.3) is 6.08 Å². The van der Waals surface area contributed by atoms with Crippen LogP contribution < -0.4 is 0 Å². The molecule has 0 bridgehead atoms. The lowest BCUT2D eigenvalue weighted by atomic mass is 10.1. The van der Waals surface area contributed by atoms with Crippen molar-refractivity contribution in [3.8, 4) is 12.3 Å². The molecule has 92 valence electrons. The molecule has 1 aromatic carbocycles. The predicted molar refractivity (Wildman–Crippen MR) is 66.2 cm³/mol. The highest BCUT2D eigenvalue weighted by molar-refractivity contribution is 5.94. The summed E-state index contributed by atoms with van der Waals surface area (Å²) in [7, 11) is 1.17. The second-order valence-corrected chi connectivity index (χ2v) is 3.38. The molecule has 0 fully saturated rings. The Bertz CT molecular complexity index is 540. The lowest BCUT2D eigenvalue weighted by Gasteiger charge is -2.03. The zero-order valence-corrected chi connectivity index (χ0v) is 9.75. The van der Waals surface area contributed by atoms with Crippen LogP contribution in [0.3, 0.4) is 0 Å². The van der Waals surface area contributed by atoms with Gasteiger partial charge >= 0.3 is 5.97 Å². The highest BCUT2D eigenvalue weighted by atomic mass is 16.6. The summed E-state index contributed by atoms with van der Waals surface area (Å²) in [5.41, 5.74) is 1.08. The standard InChI is InChI=1S/C13H11NO4/c1-3-10-6-4-5-7-11(10)8-12(9-14(16)17)13(15)18-2/h1,4-8H,9H2,2H3/b12-8+. The molecule has 0 radical (unpaired) electrons.